The van der Waals surface area contributed by atoms with Gasteiger partial charge in [-0.1, -0.05) is 35.0 Å². The van der Waals surface area contributed by atoms with Crippen molar-refractivity contribution in [2.24, 2.45) is 5.92 Å². The van der Waals surface area contributed by atoms with Gasteiger partial charge in [0, 0.05) is 33.9 Å². The second kappa shape index (κ2) is 8.12. The Bertz CT molecular complexity index is 1190. The summed E-state index contributed by atoms with van der Waals surface area (Å²) in [4.78, 5) is 4.95. The largest absolute Gasteiger partial charge is 0.398 e. The average molecular weight is 434 g/mol. The van der Waals surface area contributed by atoms with Crippen molar-refractivity contribution in [3.05, 3.63) is 64.6 Å². The quantitative estimate of drug-likeness (QED) is 0.385. The number of aryl methyl sites for hydroxylation is 1. The second-order valence-electron chi connectivity index (χ2n) is 9.08. The van der Waals surface area contributed by atoms with Crippen LogP contribution < -0.4 is 5.73 Å². The van der Waals surface area contributed by atoms with Crippen LogP contribution in [0.15, 0.2) is 42.6 Å². The zero-order valence-electron chi connectivity index (χ0n) is 17.9. The van der Waals surface area contributed by atoms with Crippen LogP contribution in [0, 0.1) is 5.92 Å². The predicted octanol–water partition coefficient (Wildman–Crippen LogP) is 5.94. The SMILES string of the molecule is C=C(C)c1cn(CCCCC2=CC3Cc4nc5cc(Cl)ccc5c(N)c4C(C2)C3)nn1. The minimum Gasteiger partial charge on any atom is -0.398 e. The number of benzene rings is 1. The van der Waals surface area contributed by atoms with Gasteiger partial charge in [0.1, 0.15) is 5.69 Å². The van der Waals surface area contributed by atoms with Crippen molar-refractivity contribution in [2.45, 2.75) is 57.9 Å². The number of unbranched alkanes of at least 4 members (excludes halogenated alkanes) is 1. The van der Waals surface area contributed by atoms with Crippen LogP contribution in [-0.2, 0) is 13.0 Å². The van der Waals surface area contributed by atoms with Crippen molar-refractivity contribution >= 4 is 33.8 Å². The molecule has 6 heteroatoms. The maximum atomic E-state index is 6.66. The number of nitrogens with zero attached hydrogens (tertiary/aromatic N) is 4. The second-order valence-corrected chi connectivity index (χ2v) is 9.51. The first-order chi connectivity index (χ1) is 15.0. The molecule has 31 heavy (non-hydrogen) atoms. The zero-order chi connectivity index (χ0) is 21.5. The highest BCUT2D eigenvalue weighted by atomic mass is 35.5. The molecule has 0 saturated heterocycles. The van der Waals surface area contributed by atoms with E-state index in [-0.39, 0.29) is 0 Å². The minimum atomic E-state index is 0.481. The van der Waals surface area contributed by atoms with Crippen molar-refractivity contribution in [2.75, 3.05) is 5.73 Å². The smallest absolute Gasteiger partial charge is 0.108 e. The summed E-state index contributed by atoms with van der Waals surface area (Å²) in [6.07, 6.45) is 11.1. The first kappa shape index (κ1) is 20.3. The molecule has 0 amide bonds. The molecule has 1 aromatic carbocycles. The number of pyridine rings is 1. The molecule has 5 nitrogen and oxygen atoms in total. The molecule has 0 aliphatic heterocycles. The van der Waals surface area contributed by atoms with Gasteiger partial charge in [-0.15, -0.1) is 5.10 Å². The van der Waals surface area contributed by atoms with Crippen LogP contribution >= 0.6 is 11.6 Å². The van der Waals surface area contributed by atoms with Crippen LogP contribution in [0.5, 0.6) is 0 Å². The molecule has 2 heterocycles. The molecule has 2 bridgehead atoms. The number of allylic oxidation sites excluding steroid dienone is 3. The van der Waals surface area contributed by atoms with Crippen molar-refractivity contribution in [1.82, 2.24) is 20.0 Å². The Morgan fingerprint density at radius 2 is 2.16 bits per heavy atom. The molecule has 2 aromatic heterocycles. The number of hydrogen-bond donors (Lipinski definition) is 1. The van der Waals surface area contributed by atoms with E-state index in [9.17, 15) is 0 Å². The highest BCUT2D eigenvalue weighted by Crippen LogP contribution is 2.47. The fourth-order valence-corrected chi connectivity index (χ4v) is 5.37. The van der Waals surface area contributed by atoms with E-state index in [1.807, 2.05) is 36.0 Å². The summed E-state index contributed by atoms with van der Waals surface area (Å²) in [5, 5.41) is 10.1. The molecule has 2 aliphatic rings. The number of aromatic nitrogens is 4. The molecular formula is C25H28ClN5. The lowest BCUT2D eigenvalue weighted by Gasteiger charge is -2.36. The lowest BCUT2D eigenvalue weighted by Crippen LogP contribution is -2.24. The summed E-state index contributed by atoms with van der Waals surface area (Å²) in [7, 11) is 0. The Labute approximate surface area is 188 Å². The van der Waals surface area contributed by atoms with Crippen LogP contribution in [0.4, 0.5) is 5.69 Å². The van der Waals surface area contributed by atoms with E-state index in [1.165, 1.54) is 17.7 Å². The lowest BCUT2D eigenvalue weighted by atomic mass is 9.70. The normalized spacial score (nSPS) is 19.9. The van der Waals surface area contributed by atoms with Crippen LogP contribution in [-0.4, -0.2) is 20.0 Å². The van der Waals surface area contributed by atoms with Gasteiger partial charge in [0.15, 0.2) is 0 Å². The fourth-order valence-electron chi connectivity index (χ4n) is 5.20. The molecule has 5 rings (SSSR count). The Kier molecular flexibility index (Phi) is 5.30. The number of hydrogen-bond acceptors (Lipinski definition) is 4. The van der Waals surface area contributed by atoms with Crippen LogP contribution in [0.1, 0.15) is 61.9 Å². The summed E-state index contributed by atoms with van der Waals surface area (Å²) in [6.45, 7) is 6.78. The van der Waals surface area contributed by atoms with E-state index in [1.54, 1.807) is 5.57 Å². The van der Waals surface area contributed by atoms with Gasteiger partial charge in [-0.2, -0.15) is 0 Å². The number of anilines is 1. The minimum absolute atomic E-state index is 0.481. The maximum absolute atomic E-state index is 6.66. The number of halogens is 1. The molecule has 3 aromatic rings. The van der Waals surface area contributed by atoms with E-state index >= 15 is 0 Å². The Morgan fingerprint density at radius 1 is 1.29 bits per heavy atom. The average Bonchev–Trinajstić information content (AvgIpc) is 3.20. The van der Waals surface area contributed by atoms with Crippen molar-refractivity contribution in [1.29, 1.82) is 0 Å². The van der Waals surface area contributed by atoms with Crippen LogP contribution in [0.2, 0.25) is 5.02 Å². The zero-order valence-corrected chi connectivity index (χ0v) is 18.7. The van der Waals surface area contributed by atoms with Gasteiger partial charge in [-0.3, -0.25) is 9.67 Å². The monoisotopic (exact) mass is 433 g/mol. The van der Waals surface area contributed by atoms with Crippen molar-refractivity contribution in [3.63, 3.8) is 0 Å². The summed E-state index contributed by atoms with van der Waals surface area (Å²) < 4.78 is 1.92. The first-order valence-corrected chi connectivity index (χ1v) is 11.5. The van der Waals surface area contributed by atoms with E-state index in [2.05, 4.69) is 23.0 Å². The van der Waals surface area contributed by atoms with Crippen molar-refractivity contribution < 1.29 is 0 Å². The third-order valence-electron chi connectivity index (χ3n) is 6.65. The van der Waals surface area contributed by atoms with Gasteiger partial charge in [0.2, 0.25) is 0 Å². The molecule has 0 saturated carbocycles. The van der Waals surface area contributed by atoms with Gasteiger partial charge >= 0.3 is 0 Å². The molecule has 2 N–H and O–H groups in total. The first-order valence-electron chi connectivity index (χ1n) is 11.1. The van der Waals surface area contributed by atoms with E-state index in [4.69, 9.17) is 22.3 Å². The molecule has 2 unspecified atom stereocenters. The van der Waals surface area contributed by atoms with Crippen LogP contribution in [0.25, 0.3) is 16.5 Å². The van der Waals surface area contributed by atoms with Crippen molar-refractivity contribution in [3.8, 4) is 0 Å². The summed E-state index contributed by atoms with van der Waals surface area (Å²) >= 11 is 6.18. The molecule has 0 fully saturated rings. The number of rotatable bonds is 6. The Morgan fingerprint density at radius 3 is 2.97 bits per heavy atom. The van der Waals surface area contributed by atoms with Gasteiger partial charge in [-0.05, 0) is 81.1 Å². The Hall–Kier alpha value is -2.66. The van der Waals surface area contributed by atoms with E-state index < -0.39 is 0 Å². The van der Waals surface area contributed by atoms with E-state index in [0.29, 0.717) is 16.9 Å². The molecule has 0 spiro atoms. The highest BCUT2D eigenvalue weighted by molar-refractivity contribution is 6.31. The lowest BCUT2D eigenvalue weighted by molar-refractivity contribution is 0.424. The van der Waals surface area contributed by atoms with E-state index in [0.717, 1.165) is 66.5 Å². The molecule has 0 radical (unpaired) electrons. The number of nitrogen functional groups attached to an aromatic ring is 1. The van der Waals surface area contributed by atoms with Gasteiger partial charge in [-0.25, -0.2) is 0 Å². The standard InChI is InChI=1S/C25H28ClN5/c1-15(2)23-14-31(30-29-23)8-4-3-5-16-9-17-11-18(10-16)24-22(12-17)28-21-13-19(26)6-7-20(21)25(24)27/h6-7,9,13-14,17-18H,1,3-5,8,10-12H2,2H3,(H2,27,28). The fraction of sp³-hybridized carbons (Fsp3) is 0.400. The Balaban J connectivity index is 1.26. The van der Waals surface area contributed by atoms with Gasteiger partial charge in [0.25, 0.3) is 0 Å². The summed E-state index contributed by atoms with van der Waals surface area (Å²) in [5.41, 5.74) is 14.3. The highest BCUT2D eigenvalue weighted by Gasteiger charge is 2.33. The third-order valence-corrected chi connectivity index (χ3v) is 6.88. The van der Waals surface area contributed by atoms with Gasteiger partial charge < -0.3 is 5.73 Å². The topological polar surface area (TPSA) is 69.6 Å². The number of fused-ring (bicyclic) bond motifs is 5. The summed E-state index contributed by atoms with van der Waals surface area (Å²) in [6, 6.07) is 5.84. The van der Waals surface area contributed by atoms with Gasteiger partial charge in [0.05, 0.1) is 11.7 Å². The number of nitrogens with two attached hydrogens (primary N) is 1. The summed E-state index contributed by atoms with van der Waals surface area (Å²) in [5.74, 6) is 1.05. The maximum Gasteiger partial charge on any atom is 0.108 e. The third kappa shape index (κ3) is 3.99. The predicted molar refractivity (Wildman–Crippen MR) is 127 cm³/mol. The molecule has 2 aliphatic carbocycles. The van der Waals surface area contributed by atoms with Crippen LogP contribution in [0.3, 0.4) is 0 Å². The molecular weight excluding hydrogens is 406 g/mol. The molecule has 2 atom stereocenters. The molecule has 160 valence electrons.